The first-order valence-corrected chi connectivity index (χ1v) is 10.1. The van der Waals surface area contributed by atoms with Crippen LogP contribution in [0.25, 0.3) is 0 Å². The molecule has 1 aromatic carbocycles. The van der Waals surface area contributed by atoms with Gasteiger partial charge in [-0.3, -0.25) is 19.2 Å². The molecule has 2 aliphatic rings. The highest BCUT2D eigenvalue weighted by atomic mass is 16.3. The SMILES string of the molecule is CCn1cc(CN2CCN3C(=O)[C@@H](Cc4ccc(O)cc4)NC(=O)[C@H]3C2)c(C)n1. The summed E-state index contributed by atoms with van der Waals surface area (Å²) < 4.78 is 1.92. The van der Waals surface area contributed by atoms with Gasteiger partial charge in [0.15, 0.2) is 0 Å². The van der Waals surface area contributed by atoms with E-state index < -0.39 is 12.1 Å². The molecule has 154 valence electrons. The fourth-order valence-electron chi connectivity index (χ4n) is 4.12. The summed E-state index contributed by atoms with van der Waals surface area (Å²) in [6.07, 6.45) is 2.48. The molecule has 0 aliphatic carbocycles. The molecule has 0 spiro atoms. The molecule has 2 aromatic rings. The van der Waals surface area contributed by atoms with Gasteiger partial charge in [0.2, 0.25) is 11.8 Å². The second-order valence-electron chi connectivity index (χ2n) is 7.81. The van der Waals surface area contributed by atoms with Crippen LogP contribution in [0.2, 0.25) is 0 Å². The molecule has 2 saturated heterocycles. The number of hydrogen-bond acceptors (Lipinski definition) is 5. The van der Waals surface area contributed by atoms with Gasteiger partial charge in [-0.05, 0) is 31.5 Å². The van der Waals surface area contributed by atoms with Crippen LogP contribution >= 0.6 is 0 Å². The maximum atomic E-state index is 13.0. The molecule has 2 aliphatic heterocycles. The molecule has 2 atom stereocenters. The number of carbonyl (C=O) groups is 2. The third-order valence-corrected chi connectivity index (χ3v) is 5.81. The minimum absolute atomic E-state index is 0.0303. The summed E-state index contributed by atoms with van der Waals surface area (Å²) in [4.78, 5) is 29.7. The number of rotatable bonds is 5. The Kier molecular flexibility index (Phi) is 5.27. The number of amides is 2. The van der Waals surface area contributed by atoms with Gasteiger partial charge in [-0.2, -0.15) is 5.10 Å². The van der Waals surface area contributed by atoms with Gasteiger partial charge in [0.05, 0.1) is 5.69 Å². The predicted octanol–water partition coefficient (Wildman–Crippen LogP) is 0.671. The summed E-state index contributed by atoms with van der Waals surface area (Å²) in [5.74, 6) is 0.0556. The normalized spacial score (nSPS) is 22.5. The molecule has 1 aromatic heterocycles. The van der Waals surface area contributed by atoms with Gasteiger partial charge in [-0.25, -0.2) is 0 Å². The van der Waals surface area contributed by atoms with Crippen molar-refractivity contribution >= 4 is 11.8 Å². The maximum absolute atomic E-state index is 13.0. The summed E-state index contributed by atoms with van der Waals surface area (Å²) in [6, 6.07) is 5.73. The predicted molar refractivity (Wildman–Crippen MR) is 107 cm³/mol. The molecule has 3 heterocycles. The van der Waals surface area contributed by atoms with E-state index in [1.807, 2.05) is 11.6 Å². The summed E-state index contributed by atoms with van der Waals surface area (Å²) in [6.45, 7) is 7.43. The molecule has 2 fully saturated rings. The highest BCUT2D eigenvalue weighted by Crippen LogP contribution is 2.21. The van der Waals surface area contributed by atoms with Crippen molar-refractivity contribution in [2.75, 3.05) is 19.6 Å². The third-order valence-electron chi connectivity index (χ3n) is 5.81. The highest BCUT2D eigenvalue weighted by molar-refractivity contribution is 5.97. The van der Waals surface area contributed by atoms with Crippen molar-refractivity contribution in [3.8, 4) is 5.75 Å². The number of carbonyl (C=O) groups excluding carboxylic acids is 2. The van der Waals surface area contributed by atoms with Gasteiger partial charge in [0, 0.05) is 50.9 Å². The Morgan fingerprint density at radius 2 is 1.97 bits per heavy atom. The van der Waals surface area contributed by atoms with Crippen molar-refractivity contribution in [2.24, 2.45) is 0 Å². The standard InChI is InChI=1S/C21H27N5O3/c1-3-25-12-16(14(2)23-25)11-24-8-9-26-19(13-24)20(28)22-18(21(26)29)10-15-4-6-17(27)7-5-15/h4-7,12,18-19,27H,3,8-11,13H2,1-2H3,(H,22,28)/t18-,19-/m1/s1. The van der Waals surface area contributed by atoms with Gasteiger partial charge in [-0.15, -0.1) is 0 Å². The summed E-state index contributed by atoms with van der Waals surface area (Å²) >= 11 is 0. The number of phenols is 1. The lowest BCUT2D eigenvalue weighted by Gasteiger charge is -2.45. The largest absolute Gasteiger partial charge is 0.508 e. The van der Waals surface area contributed by atoms with Gasteiger partial charge >= 0.3 is 0 Å². The van der Waals surface area contributed by atoms with Crippen molar-refractivity contribution in [1.29, 1.82) is 0 Å². The van der Waals surface area contributed by atoms with E-state index in [2.05, 4.69) is 28.4 Å². The lowest BCUT2D eigenvalue weighted by molar-refractivity contribution is -0.153. The van der Waals surface area contributed by atoms with E-state index in [1.165, 1.54) is 0 Å². The molecule has 8 nitrogen and oxygen atoms in total. The van der Waals surface area contributed by atoms with E-state index in [0.717, 1.165) is 36.5 Å². The Balaban J connectivity index is 1.41. The quantitative estimate of drug-likeness (QED) is 0.774. The fourth-order valence-corrected chi connectivity index (χ4v) is 4.12. The molecular formula is C21H27N5O3. The third kappa shape index (κ3) is 3.98. The number of aryl methyl sites for hydroxylation is 2. The minimum Gasteiger partial charge on any atom is -0.508 e. The zero-order chi connectivity index (χ0) is 20.5. The summed E-state index contributed by atoms with van der Waals surface area (Å²) in [5, 5.41) is 16.8. The number of phenolic OH excluding ortho intramolecular Hbond substituents is 1. The van der Waals surface area contributed by atoms with Crippen molar-refractivity contribution in [1.82, 2.24) is 24.9 Å². The maximum Gasteiger partial charge on any atom is 0.246 e. The van der Waals surface area contributed by atoms with Crippen LogP contribution in [0.4, 0.5) is 0 Å². The number of nitrogens with zero attached hydrogens (tertiary/aromatic N) is 4. The number of benzene rings is 1. The molecular weight excluding hydrogens is 370 g/mol. The monoisotopic (exact) mass is 397 g/mol. The Morgan fingerprint density at radius 1 is 1.21 bits per heavy atom. The van der Waals surface area contributed by atoms with E-state index in [1.54, 1.807) is 29.2 Å². The van der Waals surface area contributed by atoms with Crippen LogP contribution in [0.15, 0.2) is 30.5 Å². The van der Waals surface area contributed by atoms with Crippen LogP contribution in [-0.2, 0) is 29.1 Å². The second-order valence-corrected chi connectivity index (χ2v) is 7.81. The van der Waals surface area contributed by atoms with E-state index in [-0.39, 0.29) is 17.6 Å². The first-order valence-electron chi connectivity index (χ1n) is 10.1. The fraction of sp³-hybridized carbons (Fsp3) is 0.476. The van der Waals surface area contributed by atoms with E-state index in [9.17, 15) is 14.7 Å². The number of hydrogen-bond donors (Lipinski definition) is 2. The minimum atomic E-state index is -0.556. The Labute approximate surface area is 170 Å². The lowest BCUT2D eigenvalue weighted by Crippen LogP contribution is -2.69. The number of piperazine rings is 2. The smallest absolute Gasteiger partial charge is 0.246 e. The molecule has 0 saturated carbocycles. The molecule has 4 rings (SSSR count). The Morgan fingerprint density at radius 3 is 2.66 bits per heavy atom. The van der Waals surface area contributed by atoms with Gasteiger partial charge in [0.1, 0.15) is 17.8 Å². The van der Waals surface area contributed by atoms with Crippen molar-refractivity contribution in [3.63, 3.8) is 0 Å². The zero-order valence-electron chi connectivity index (χ0n) is 16.8. The number of nitrogens with one attached hydrogen (secondary N) is 1. The van der Waals surface area contributed by atoms with Gasteiger partial charge < -0.3 is 15.3 Å². The van der Waals surface area contributed by atoms with Crippen LogP contribution in [0, 0.1) is 6.92 Å². The van der Waals surface area contributed by atoms with Crippen molar-refractivity contribution in [3.05, 3.63) is 47.3 Å². The number of aromatic hydroxyl groups is 1. The van der Waals surface area contributed by atoms with Gasteiger partial charge in [0.25, 0.3) is 0 Å². The van der Waals surface area contributed by atoms with Crippen molar-refractivity contribution < 1.29 is 14.7 Å². The first-order chi connectivity index (χ1) is 13.9. The second kappa shape index (κ2) is 7.87. The molecule has 0 radical (unpaired) electrons. The highest BCUT2D eigenvalue weighted by Gasteiger charge is 2.43. The Hall–Kier alpha value is -2.87. The Bertz CT molecular complexity index is 908. The van der Waals surface area contributed by atoms with E-state index in [0.29, 0.717) is 19.5 Å². The lowest BCUT2D eigenvalue weighted by atomic mass is 9.98. The summed E-state index contributed by atoms with van der Waals surface area (Å²) in [5.41, 5.74) is 3.07. The van der Waals surface area contributed by atoms with E-state index in [4.69, 9.17) is 0 Å². The molecule has 2 amide bonds. The zero-order valence-corrected chi connectivity index (χ0v) is 16.8. The first kappa shape index (κ1) is 19.4. The molecule has 0 unspecified atom stereocenters. The van der Waals surface area contributed by atoms with Crippen LogP contribution in [-0.4, -0.2) is 68.2 Å². The van der Waals surface area contributed by atoms with Crippen LogP contribution in [0.5, 0.6) is 5.75 Å². The average molecular weight is 397 g/mol. The van der Waals surface area contributed by atoms with Crippen LogP contribution < -0.4 is 5.32 Å². The molecule has 0 bridgehead atoms. The molecule has 29 heavy (non-hydrogen) atoms. The number of aromatic nitrogens is 2. The van der Waals surface area contributed by atoms with Gasteiger partial charge in [-0.1, -0.05) is 12.1 Å². The van der Waals surface area contributed by atoms with Crippen molar-refractivity contribution in [2.45, 2.75) is 45.4 Å². The molecule has 8 heteroatoms. The van der Waals surface area contributed by atoms with Crippen LogP contribution in [0.3, 0.4) is 0 Å². The van der Waals surface area contributed by atoms with Crippen LogP contribution in [0.1, 0.15) is 23.7 Å². The van der Waals surface area contributed by atoms with E-state index >= 15 is 0 Å². The summed E-state index contributed by atoms with van der Waals surface area (Å²) in [7, 11) is 0. The molecule has 2 N–H and O–H groups in total. The topological polar surface area (TPSA) is 90.7 Å². The average Bonchev–Trinajstić information content (AvgIpc) is 3.07. The number of fused-ring (bicyclic) bond motifs is 1.